The van der Waals surface area contributed by atoms with E-state index in [1.165, 1.54) is 5.57 Å². The Morgan fingerprint density at radius 2 is 1.96 bits per heavy atom. The summed E-state index contributed by atoms with van der Waals surface area (Å²) in [5.74, 6) is -3.06. The minimum absolute atomic E-state index is 0.286. The van der Waals surface area contributed by atoms with Crippen molar-refractivity contribution in [2.45, 2.75) is 58.7 Å². The second-order valence-electron chi connectivity index (χ2n) is 6.80. The molecule has 24 heavy (non-hydrogen) atoms. The fourth-order valence-electron chi connectivity index (χ4n) is 3.32. The van der Waals surface area contributed by atoms with Crippen LogP contribution in [-0.4, -0.2) is 51.0 Å². The summed E-state index contributed by atoms with van der Waals surface area (Å²) < 4.78 is 0. The number of aliphatic hydroxyl groups excluding tert-OH is 3. The van der Waals surface area contributed by atoms with Gasteiger partial charge in [-0.2, -0.15) is 0 Å². The topological polar surface area (TPSA) is 115 Å². The molecule has 0 bridgehead atoms. The van der Waals surface area contributed by atoms with Crippen LogP contribution in [0.15, 0.2) is 23.3 Å². The maximum atomic E-state index is 12.1. The van der Waals surface area contributed by atoms with Gasteiger partial charge in [0.25, 0.3) is 0 Å². The van der Waals surface area contributed by atoms with E-state index in [4.69, 9.17) is 0 Å². The number of allylic oxidation sites excluding steroid dienone is 2. The molecule has 0 heterocycles. The van der Waals surface area contributed by atoms with Gasteiger partial charge in [-0.1, -0.05) is 23.3 Å². The smallest absolute Gasteiger partial charge is 0.320 e. The Balaban J connectivity index is 2.87. The molecular formula is C18H28O6. The number of aliphatic carboxylic acids is 1. The maximum absolute atomic E-state index is 12.1. The highest BCUT2D eigenvalue weighted by atomic mass is 16.4. The predicted molar refractivity (Wildman–Crippen MR) is 89.3 cm³/mol. The molecule has 1 aliphatic carbocycles. The molecule has 0 radical (unpaired) electrons. The Morgan fingerprint density at radius 1 is 1.33 bits per heavy atom. The van der Waals surface area contributed by atoms with E-state index in [1.54, 1.807) is 13.0 Å². The number of hydrogen-bond acceptors (Lipinski definition) is 5. The number of ketones is 1. The molecule has 2 unspecified atom stereocenters. The first kappa shape index (κ1) is 20.5. The number of carboxylic acid groups (broad SMARTS) is 1. The van der Waals surface area contributed by atoms with Gasteiger partial charge in [-0.25, -0.2) is 0 Å². The molecular weight excluding hydrogens is 312 g/mol. The summed E-state index contributed by atoms with van der Waals surface area (Å²) >= 11 is 0. The normalized spacial score (nSPS) is 28.8. The lowest BCUT2D eigenvalue weighted by molar-refractivity contribution is -0.159. The van der Waals surface area contributed by atoms with Crippen molar-refractivity contribution in [3.63, 3.8) is 0 Å². The molecule has 0 aromatic carbocycles. The Morgan fingerprint density at radius 3 is 2.46 bits per heavy atom. The SMILES string of the molecule is CC(C)=CCCC(O)C/C=C(\C)[C@H]1[C@H](O)CC(=O)C1(CO)C(=O)O. The molecule has 1 rings (SSSR count). The van der Waals surface area contributed by atoms with Crippen molar-refractivity contribution in [3.8, 4) is 0 Å². The van der Waals surface area contributed by atoms with Gasteiger partial charge in [0.2, 0.25) is 0 Å². The summed E-state index contributed by atoms with van der Waals surface area (Å²) in [7, 11) is 0. The van der Waals surface area contributed by atoms with Crippen LogP contribution in [0, 0.1) is 11.3 Å². The highest BCUT2D eigenvalue weighted by Crippen LogP contribution is 2.45. The number of carboxylic acids is 1. The van der Waals surface area contributed by atoms with Gasteiger partial charge in [-0.15, -0.1) is 0 Å². The largest absolute Gasteiger partial charge is 0.480 e. The van der Waals surface area contributed by atoms with Gasteiger partial charge >= 0.3 is 5.97 Å². The van der Waals surface area contributed by atoms with Crippen LogP contribution < -0.4 is 0 Å². The Bertz CT molecular complexity index is 532. The zero-order valence-corrected chi connectivity index (χ0v) is 14.5. The van der Waals surface area contributed by atoms with E-state index < -0.39 is 41.9 Å². The molecule has 0 spiro atoms. The Kier molecular flexibility index (Phi) is 7.32. The van der Waals surface area contributed by atoms with Crippen molar-refractivity contribution in [1.29, 1.82) is 0 Å². The van der Waals surface area contributed by atoms with E-state index in [-0.39, 0.29) is 6.42 Å². The minimum Gasteiger partial charge on any atom is -0.480 e. The van der Waals surface area contributed by atoms with E-state index >= 15 is 0 Å². The predicted octanol–water partition coefficient (Wildman–Crippen LogP) is 1.44. The molecule has 0 aliphatic heterocycles. The molecule has 1 aliphatic rings. The fourth-order valence-corrected chi connectivity index (χ4v) is 3.32. The van der Waals surface area contributed by atoms with Gasteiger partial charge in [0.1, 0.15) is 0 Å². The first-order valence-electron chi connectivity index (χ1n) is 8.20. The van der Waals surface area contributed by atoms with E-state index in [0.29, 0.717) is 18.4 Å². The van der Waals surface area contributed by atoms with Crippen molar-refractivity contribution in [2.24, 2.45) is 11.3 Å². The molecule has 0 amide bonds. The van der Waals surface area contributed by atoms with Crippen molar-refractivity contribution >= 4 is 11.8 Å². The summed E-state index contributed by atoms with van der Waals surface area (Å²) in [6.45, 7) is 4.74. The average Bonchev–Trinajstić information content (AvgIpc) is 2.75. The minimum atomic E-state index is -1.99. The molecule has 0 aromatic rings. The second kappa shape index (κ2) is 8.55. The van der Waals surface area contributed by atoms with Gasteiger partial charge in [-0.05, 0) is 40.0 Å². The highest BCUT2D eigenvalue weighted by molar-refractivity contribution is 6.06. The van der Waals surface area contributed by atoms with Gasteiger partial charge in [0.05, 0.1) is 18.8 Å². The van der Waals surface area contributed by atoms with Crippen LogP contribution in [0.2, 0.25) is 0 Å². The monoisotopic (exact) mass is 340 g/mol. The number of rotatable bonds is 8. The summed E-state index contributed by atoms with van der Waals surface area (Å²) in [6, 6.07) is 0. The molecule has 0 saturated heterocycles. The summed E-state index contributed by atoms with van der Waals surface area (Å²) in [5, 5.41) is 39.1. The molecule has 1 fully saturated rings. The highest BCUT2D eigenvalue weighted by Gasteiger charge is 2.60. The van der Waals surface area contributed by atoms with Crippen molar-refractivity contribution in [1.82, 2.24) is 0 Å². The van der Waals surface area contributed by atoms with Crippen LogP contribution in [-0.2, 0) is 9.59 Å². The van der Waals surface area contributed by atoms with Gasteiger partial charge in [0, 0.05) is 12.3 Å². The molecule has 1 saturated carbocycles. The standard InChI is InChI=1S/C18H28O6/c1-11(2)5-4-6-13(20)8-7-12(3)16-14(21)9-15(22)18(16,10-19)17(23)24/h5,7,13-14,16,19-21H,4,6,8-10H2,1-3H3,(H,23,24)/b12-7+/t13?,14-,16+,18?/m1/s1. The van der Waals surface area contributed by atoms with E-state index in [1.807, 2.05) is 19.9 Å². The van der Waals surface area contributed by atoms with Crippen LogP contribution in [0.1, 0.15) is 46.5 Å². The van der Waals surface area contributed by atoms with Crippen LogP contribution in [0.4, 0.5) is 0 Å². The van der Waals surface area contributed by atoms with Gasteiger partial charge in [-0.3, -0.25) is 9.59 Å². The van der Waals surface area contributed by atoms with Crippen molar-refractivity contribution < 1.29 is 30.0 Å². The van der Waals surface area contributed by atoms with Crippen LogP contribution in [0.5, 0.6) is 0 Å². The number of carbonyl (C=O) groups is 2. The van der Waals surface area contributed by atoms with E-state index in [2.05, 4.69) is 0 Å². The van der Waals surface area contributed by atoms with Crippen molar-refractivity contribution in [2.75, 3.05) is 6.61 Å². The summed E-state index contributed by atoms with van der Waals surface area (Å²) in [5.41, 5.74) is -0.311. The number of aliphatic hydroxyl groups is 3. The second-order valence-corrected chi connectivity index (χ2v) is 6.80. The lowest BCUT2D eigenvalue weighted by atomic mass is 9.73. The lowest BCUT2D eigenvalue weighted by Crippen LogP contribution is -2.46. The average molecular weight is 340 g/mol. The number of carbonyl (C=O) groups excluding carboxylic acids is 1. The summed E-state index contributed by atoms with van der Waals surface area (Å²) in [6.07, 6.45) is 3.31. The van der Waals surface area contributed by atoms with E-state index in [9.17, 15) is 30.0 Å². The maximum Gasteiger partial charge on any atom is 0.320 e. The third-order valence-corrected chi connectivity index (χ3v) is 4.69. The van der Waals surface area contributed by atoms with Gasteiger partial charge in [0.15, 0.2) is 11.2 Å². The third-order valence-electron chi connectivity index (χ3n) is 4.69. The van der Waals surface area contributed by atoms with Gasteiger partial charge < -0.3 is 20.4 Å². The zero-order valence-electron chi connectivity index (χ0n) is 14.5. The Hall–Kier alpha value is -1.50. The zero-order chi connectivity index (χ0) is 18.5. The first-order chi connectivity index (χ1) is 11.2. The third kappa shape index (κ3) is 4.32. The number of Topliss-reactive ketones (excluding diaryl/α,β-unsaturated/α-hetero) is 1. The van der Waals surface area contributed by atoms with E-state index in [0.717, 1.165) is 6.42 Å². The number of hydrogen-bond donors (Lipinski definition) is 4. The lowest BCUT2D eigenvalue weighted by Gasteiger charge is -2.30. The Labute approximate surface area is 142 Å². The molecule has 4 atom stereocenters. The first-order valence-corrected chi connectivity index (χ1v) is 8.20. The molecule has 0 aromatic heterocycles. The molecule has 136 valence electrons. The van der Waals surface area contributed by atoms with Crippen LogP contribution in [0.25, 0.3) is 0 Å². The quantitative estimate of drug-likeness (QED) is 0.393. The summed E-state index contributed by atoms with van der Waals surface area (Å²) in [4.78, 5) is 23.6. The van der Waals surface area contributed by atoms with Crippen LogP contribution >= 0.6 is 0 Å². The molecule has 6 nitrogen and oxygen atoms in total. The molecule has 4 N–H and O–H groups in total. The fraction of sp³-hybridized carbons (Fsp3) is 0.667. The van der Waals surface area contributed by atoms with Crippen LogP contribution in [0.3, 0.4) is 0 Å². The van der Waals surface area contributed by atoms with Crippen molar-refractivity contribution in [3.05, 3.63) is 23.3 Å². The molecule has 6 heteroatoms.